The number of nitrogens with zero attached hydrogens (tertiary/aromatic N) is 1. The first-order chi connectivity index (χ1) is 14.0. The molecule has 0 unspecified atom stereocenters. The minimum atomic E-state index is -4.23. The number of rotatable bonds is 5. The molecule has 1 aliphatic heterocycles. The van der Waals surface area contributed by atoms with Gasteiger partial charge in [-0.2, -0.15) is 0 Å². The fraction of sp³-hybridized carbons (Fsp3) is 0.143. The lowest BCUT2D eigenvalue weighted by Gasteiger charge is -2.26. The summed E-state index contributed by atoms with van der Waals surface area (Å²) in [4.78, 5) is -0.110. The first-order valence-electron chi connectivity index (χ1n) is 8.87. The Bertz CT molecular complexity index is 1150. The number of hydrogen-bond acceptors (Lipinski definition) is 4. The van der Waals surface area contributed by atoms with Gasteiger partial charge in [-0.3, -0.25) is 4.31 Å². The molecule has 0 bridgehead atoms. The molecule has 1 heterocycles. The predicted octanol–water partition coefficient (Wildman–Crippen LogP) is 4.13. The molecule has 0 aliphatic carbocycles. The molecular formula is C21H17F2NO4S. The Hall–Kier alpha value is -3.13. The van der Waals surface area contributed by atoms with Crippen LogP contribution in [0.3, 0.4) is 0 Å². The minimum absolute atomic E-state index is 0.110. The monoisotopic (exact) mass is 417 g/mol. The minimum Gasteiger partial charge on any atom is -0.486 e. The van der Waals surface area contributed by atoms with Crippen LogP contribution in [0.1, 0.15) is 5.56 Å². The number of anilines is 1. The molecule has 0 saturated heterocycles. The van der Waals surface area contributed by atoms with Crippen LogP contribution in [0.15, 0.2) is 71.6 Å². The zero-order chi connectivity index (χ0) is 20.4. The Balaban J connectivity index is 1.81. The molecule has 0 atom stereocenters. The second-order valence-corrected chi connectivity index (χ2v) is 8.22. The van der Waals surface area contributed by atoms with E-state index in [-0.39, 0.29) is 28.4 Å². The van der Waals surface area contributed by atoms with Crippen LogP contribution in [-0.4, -0.2) is 21.6 Å². The summed E-state index contributed by atoms with van der Waals surface area (Å²) in [6.45, 7) is 0.293. The van der Waals surface area contributed by atoms with Gasteiger partial charge in [0.15, 0.2) is 11.5 Å². The zero-order valence-corrected chi connectivity index (χ0v) is 16.0. The van der Waals surface area contributed by atoms with Crippen LogP contribution in [-0.2, 0) is 16.6 Å². The van der Waals surface area contributed by atoms with Crippen LogP contribution < -0.4 is 13.8 Å². The number of sulfonamides is 1. The number of ether oxygens (including phenoxy) is 2. The van der Waals surface area contributed by atoms with E-state index in [0.717, 1.165) is 10.4 Å². The lowest BCUT2D eigenvalue weighted by molar-refractivity contribution is 0.171. The van der Waals surface area contributed by atoms with E-state index in [1.165, 1.54) is 54.6 Å². The third-order valence-corrected chi connectivity index (χ3v) is 6.25. The summed E-state index contributed by atoms with van der Waals surface area (Å²) in [5, 5.41) is 0. The summed E-state index contributed by atoms with van der Waals surface area (Å²) in [5.41, 5.74) is -0.0532. The first kappa shape index (κ1) is 19.2. The van der Waals surface area contributed by atoms with Gasteiger partial charge in [-0.15, -0.1) is 0 Å². The topological polar surface area (TPSA) is 55.8 Å². The van der Waals surface area contributed by atoms with E-state index in [2.05, 4.69) is 0 Å². The highest BCUT2D eigenvalue weighted by Gasteiger charge is 2.29. The highest BCUT2D eigenvalue weighted by atomic mass is 32.2. The standard InChI is InChI=1S/C21H17F2NO4S/c22-17-6-2-1-5-15(17)14-24(19-8-4-3-7-18(19)23)29(25,26)16-9-10-20-21(13-16)28-12-11-27-20/h1-10,13H,11-12,14H2. The maximum absolute atomic E-state index is 14.5. The summed E-state index contributed by atoms with van der Waals surface area (Å²) in [6, 6.07) is 15.4. The predicted molar refractivity (Wildman–Crippen MR) is 104 cm³/mol. The second kappa shape index (κ2) is 7.71. The first-order valence-corrected chi connectivity index (χ1v) is 10.3. The number of para-hydroxylation sites is 1. The average Bonchev–Trinajstić information content (AvgIpc) is 2.73. The SMILES string of the molecule is O=S(=O)(c1ccc2c(c1)OCCO2)N(Cc1ccccc1F)c1ccccc1F. The maximum Gasteiger partial charge on any atom is 0.264 e. The molecule has 1 aliphatic rings. The fourth-order valence-corrected chi connectivity index (χ4v) is 4.51. The smallest absolute Gasteiger partial charge is 0.264 e. The van der Waals surface area contributed by atoms with Crippen molar-refractivity contribution in [1.82, 2.24) is 0 Å². The molecule has 8 heteroatoms. The normalized spacial score (nSPS) is 13.2. The van der Waals surface area contributed by atoms with Crippen molar-refractivity contribution >= 4 is 15.7 Å². The summed E-state index contributed by atoms with van der Waals surface area (Å²) >= 11 is 0. The van der Waals surface area contributed by atoms with Gasteiger partial charge in [-0.25, -0.2) is 17.2 Å². The van der Waals surface area contributed by atoms with Crippen LogP contribution >= 0.6 is 0 Å². The fourth-order valence-electron chi connectivity index (χ4n) is 3.05. The molecule has 3 aromatic carbocycles. The van der Waals surface area contributed by atoms with Gasteiger partial charge in [0.05, 0.1) is 17.1 Å². The number of hydrogen-bond donors (Lipinski definition) is 0. The molecule has 29 heavy (non-hydrogen) atoms. The van der Waals surface area contributed by atoms with Crippen LogP contribution in [0.2, 0.25) is 0 Å². The van der Waals surface area contributed by atoms with Crippen molar-refractivity contribution in [2.45, 2.75) is 11.4 Å². The highest BCUT2D eigenvalue weighted by Crippen LogP contribution is 2.35. The van der Waals surface area contributed by atoms with Crippen molar-refractivity contribution in [2.75, 3.05) is 17.5 Å². The molecule has 5 nitrogen and oxygen atoms in total. The Morgan fingerprint density at radius 3 is 2.21 bits per heavy atom. The van der Waals surface area contributed by atoms with Crippen LogP contribution in [0.4, 0.5) is 14.5 Å². The van der Waals surface area contributed by atoms with Gasteiger partial charge in [0.25, 0.3) is 10.0 Å². The summed E-state index contributed by atoms with van der Waals surface area (Å²) in [7, 11) is -4.23. The van der Waals surface area contributed by atoms with E-state index >= 15 is 0 Å². The lowest BCUT2D eigenvalue weighted by Crippen LogP contribution is -2.32. The highest BCUT2D eigenvalue weighted by molar-refractivity contribution is 7.92. The Morgan fingerprint density at radius 2 is 1.48 bits per heavy atom. The van der Waals surface area contributed by atoms with Crippen molar-refractivity contribution in [3.05, 3.63) is 83.9 Å². The van der Waals surface area contributed by atoms with Gasteiger partial charge >= 0.3 is 0 Å². The molecule has 150 valence electrons. The maximum atomic E-state index is 14.5. The molecule has 0 amide bonds. The lowest BCUT2D eigenvalue weighted by atomic mass is 10.2. The van der Waals surface area contributed by atoms with E-state index < -0.39 is 21.7 Å². The van der Waals surface area contributed by atoms with Crippen molar-refractivity contribution < 1.29 is 26.7 Å². The number of fused-ring (bicyclic) bond motifs is 1. The summed E-state index contributed by atoms with van der Waals surface area (Å²) in [6.07, 6.45) is 0. The number of halogens is 2. The van der Waals surface area contributed by atoms with Gasteiger partial charge in [0, 0.05) is 11.6 Å². The molecule has 0 fully saturated rings. The molecule has 0 aromatic heterocycles. The van der Waals surface area contributed by atoms with Gasteiger partial charge in [0.1, 0.15) is 24.8 Å². The average molecular weight is 417 g/mol. The Morgan fingerprint density at radius 1 is 0.828 bits per heavy atom. The van der Waals surface area contributed by atoms with E-state index in [1.54, 1.807) is 6.07 Å². The quantitative estimate of drug-likeness (QED) is 0.626. The van der Waals surface area contributed by atoms with Gasteiger partial charge < -0.3 is 9.47 Å². The molecule has 0 saturated carbocycles. The van der Waals surface area contributed by atoms with E-state index in [0.29, 0.717) is 19.0 Å². The Labute approximate surface area is 167 Å². The van der Waals surface area contributed by atoms with Crippen molar-refractivity contribution in [1.29, 1.82) is 0 Å². The van der Waals surface area contributed by atoms with Crippen LogP contribution in [0.5, 0.6) is 11.5 Å². The van der Waals surface area contributed by atoms with Crippen molar-refractivity contribution in [3.63, 3.8) is 0 Å². The zero-order valence-electron chi connectivity index (χ0n) is 15.2. The summed E-state index contributed by atoms with van der Waals surface area (Å²) in [5.74, 6) is -0.588. The largest absolute Gasteiger partial charge is 0.486 e. The molecule has 0 N–H and O–H groups in total. The molecule has 0 spiro atoms. The van der Waals surface area contributed by atoms with Gasteiger partial charge in [-0.1, -0.05) is 30.3 Å². The van der Waals surface area contributed by atoms with Crippen molar-refractivity contribution in [3.8, 4) is 11.5 Å². The van der Waals surface area contributed by atoms with E-state index in [9.17, 15) is 17.2 Å². The number of benzene rings is 3. The molecule has 0 radical (unpaired) electrons. The van der Waals surface area contributed by atoms with Crippen LogP contribution in [0, 0.1) is 11.6 Å². The second-order valence-electron chi connectivity index (χ2n) is 6.36. The van der Waals surface area contributed by atoms with Gasteiger partial charge in [-0.05, 0) is 30.3 Å². The van der Waals surface area contributed by atoms with Gasteiger partial charge in [0.2, 0.25) is 0 Å². The summed E-state index contributed by atoms with van der Waals surface area (Å²) < 4.78 is 67.3. The van der Waals surface area contributed by atoms with E-state index in [4.69, 9.17) is 9.47 Å². The molecular weight excluding hydrogens is 400 g/mol. The van der Waals surface area contributed by atoms with Crippen LogP contribution in [0.25, 0.3) is 0 Å². The van der Waals surface area contributed by atoms with E-state index in [1.807, 2.05) is 0 Å². The molecule has 3 aromatic rings. The van der Waals surface area contributed by atoms with Crippen molar-refractivity contribution in [2.24, 2.45) is 0 Å². The third-order valence-electron chi connectivity index (χ3n) is 4.49. The molecule has 4 rings (SSSR count). The Kier molecular flexibility index (Phi) is 5.10. The third kappa shape index (κ3) is 3.75.